The maximum absolute atomic E-state index is 5.01. The van der Waals surface area contributed by atoms with Gasteiger partial charge in [0.25, 0.3) is 0 Å². The van der Waals surface area contributed by atoms with E-state index < -0.39 is 0 Å². The second kappa shape index (κ2) is 2.80. The van der Waals surface area contributed by atoms with Crippen molar-refractivity contribution in [3.05, 3.63) is 59.1 Å². The van der Waals surface area contributed by atoms with Gasteiger partial charge in [-0.2, -0.15) is 0 Å². The van der Waals surface area contributed by atoms with Gasteiger partial charge in [-0.25, -0.2) is 0 Å². The summed E-state index contributed by atoms with van der Waals surface area (Å²) in [4.78, 5) is 8.93. The molecule has 0 saturated carbocycles. The maximum atomic E-state index is 5.01. The van der Waals surface area contributed by atoms with Gasteiger partial charge in [-0.05, 0) is 18.2 Å². The molecular weight excluding hydrogens is 176 g/mol. The van der Waals surface area contributed by atoms with Gasteiger partial charge in [0.05, 0.1) is 23.2 Å². The number of para-hydroxylation sites is 2. The zero-order valence-electron chi connectivity index (χ0n) is 7.42. The van der Waals surface area contributed by atoms with Gasteiger partial charge in [0.15, 0.2) is 6.17 Å². The van der Waals surface area contributed by atoms with E-state index in [9.17, 15) is 0 Å². The van der Waals surface area contributed by atoms with Crippen molar-refractivity contribution >= 4 is 0 Å². The first kappa shape index (κ1) is 7.50. The fourth-order valence-electron chi connectivity index (χ4n) is 1.55. The van der Waals surface area contributed by atoms with E-state index in [2.05, 4.69) is 9.98 Å². The molecule has 0 bridgehead atoms. The molecule has 3 rings (SSSR count). The molecule has 0 N–H and O–H groups in total. The van der Waals surface area contributed by atoms with E-state index in [1.54, 1.807) is 12.5 Å². The summed E-state index contributed by atoms with van der Waals surface area (Å²) in [6.07, 6.45) is 3.21. The highest BCUT2D eigenvalue weighted by atomic mass is 16.3. The van der Waals surface area contributed by atoms with Crippen molar-refractivity contribution in [2.75, 3.05) is 0 Å². The van der Waals surface area contributed by atoms with Crippen LogP contribution in [0.15, 0.2) is 57.3 Å². The first-order valence-electron chi connectivity index (χ1n) is 4.46. The van der Waals surface area contributed by atoms with Crippen molar-refractivity contribution < 1.29 is 4.42 Å². The van der Waals surface area contributed by atoms with Crippen LogP contribution in [-0.2, 0) is 0 Å². The molecule has 1 aliphatic rings. The molecule has 1 aromatic heterocycles. The largest absolute Gasteiger partial charge is 0.472 e. The molecule has 0 spiro atoms. The Balaban J connectivity index is 2.15. The fourth-order valence-corrected chi connectivity index (χ4v) is 1.55. The van der Waals surface area contributed by atoms with E-state index in [1.807, 2.05) is 30.3 Å². The maximum Gasteiger partial charge on any atom is 0.169 e. The number of hydrogen-bond donors (Lipinski definition) is 0. The third-order valence-corrected chi connectivity index (χ3v) is 2.25. The second-order valence-corrected chi connectivity index (χ2v) is 3.18. The third kappa shape index (κ3) is 1.06. The lowest BCUT2D eigenvalue weighted by atomic mass is 10.3. The van der Waals surface area contributed by atoms with Crippen LogP contribution in [0.25, 0.3) is 0 Å². The van der Waals surface area contributed by atoms with Crippen molar-refractivity contribution in [1.29, 1.82) is 0 Å². The number of benzene rings is 1. The van der Waals surface area contributed by atoms with Crippen LogP contribution >= 0.6 is 0 Å². The molecule has 14 heavy (non-hydrogen) atoms. The number of furan rings is 1. The molecule has 0 aliphatic carbocycles. The standard InChI is InChI=1S/C11H8N2O/c1-2-4-10-9(3-1)12-11(13-10)8-5-6-14-7-8/h1-7,11H. The Hall–Kier alpha value is -1.90. The molecule has 1 aliphatic heterocycles. The van der Waals surface area contributed by atoms with Gasteiger partial charge in [-0.1, -0.05) is 12.1 Å². The van der Waals surface area contributed by atoms with Gasteiger partial charge in [-0.15, -0.1) is 0 Å². The van der Waals surface area contributed by atoms with Crippen LogP contribution in [0.5, 0.6) is 0 Å². The summed E-state index contributed by atoms with van der Waals surface area (Å²) in [6.45, 7) is 0. The summed E-state index contributed by atoms with van der Waals surface area (Å²) < 4.78 is 5.01. The average Bonchev–Trinajstić information content (AvgIpc) is 2.86. The Kier molecular flexibility index (Phi) is 1.50. The number of rotatable bonds is 1. The quantitative estimate of drug-likeness (QED) is 0.656. The van der Waals surface area contributed by atoms with Crippen molar-refractivity contribution in [3.8, 4) is 0 Å². The Morgan fingerprint density at radius 2 is 1.71 bits per heavy atom. The first-order valence-corrected chi connectivity index (χ1v) is 4.46. The lowest BCUT2D eigenvalue weighted by Gasteiger charge is -1.96. The highest BCUT2D eigenvalue weighted by Crippen LogP contribution is 2.18. The highest BCUT2D eigenvalue weighted by molar-refractivity contribution is 5.15. The van der Waals surface area contributed by atoms with Crippen LogP contribution in [0, 0.1) is 0 Å². The molecule has 0 amide bonds. The molecule has 0 atom stereocenters. The van der Waals surface area contributed by atoms with Gasteiger partial charge in [0.1, 0.15) is 0 Å². The molecule has 2 aromatic rings. The number of fused-ring (bicyclic) bond motifs is 1. The van der Waals surface area contributed by atoms with Crippen LogP contribution in [-0.4, -0.2) is 0 Å². The molecule has 0 saturated heterocycles. The van der Waals surface area contributed by atoms with Crippen LogP contribution in [0.2, 0.25) is 0 Å². The van der Waals surface area contributed by atoms with Crippen molar-refractivity contribution in [2.45, 2.75) is 6.17 Å². The van der Waals surface area contributed by atoms with Gasteiger partial charge >= 0.3 is 0 Å². The zero-order chi connectivity index (χ0) is 9.38. The van der Waals surface area contributed by atoms with E-state index in [0.717, 1.165) is 16.3 Å². The van der Waals surface area contributed by atoms with Crippen LogP contribution in [0.4, 0.5) is 0 Å². The molecular formula is C11H8N2O. The molecule has 0 fully saturated rings. The SMILES string of the molecule is c1ccc2c(c1)=NC(c1ccoc1)N=2. The molecule has 68 valence electrons. The molecule has 3 heteroatoms. The summed E-state index contributed by atoms with van der Waals surface area (Å²) >= 11 is 0. The minimum absolute atomic E-state index is 0.119. The minimum atomic E-state index is -0.119. The molecule has 0 unspecified atom stereocenters. The van der Waals surface area contributed by atoms with Crippen LogP contribution < -0.4 is 10.7 Å². The molecule has 3 nitrogen and oxygen atoms in total. The summed E-state index contributed by atoms with van der Waals surface area (Å²) in [7, 11) is 0. The normalized spacial score (nSPS) is 14.6. The van der Waals surface area contributed by atoms with Crippen molar-refractivity contribution in [3.63, 3.8) is 0 Å². The van der Waals surface area contributed by atoms with Crippen molar-refractivity contribution in [1.82, 2.24) is 0 Å². The smallest absolute Gasteiger partial charge is 0.169 e. The molecule has 1 aromatic carbocycles. The van der Waals surface area contributed by atoms with Gasteiger partial charge in [0.2, 0.25) is 0 Å². The number of hydrogen-bond acceptors (Lipinski definition) is 3. The lowest BCUT2D eigenvalue weighted by Crippen LogP contribution is -2.19. The Bertz CT molecular complexity index is 522. The summed E-state index contributed by atoms with van der Waals surface area (Å²) in [5, 5.41) is 1.91. The Morgan fingerprint density at radius 1 is 1.00 bits per heavy atom. The van der Waals surface area contributed by atoms with Gasteiger partial charge < -0.3 is 4.42 Å². The van der Waals surface area contributed by atoms with E-state index in [-0.39, 0.29) is 6.17 Å². The lowest BCUT2D eigenvalue weighted by molar-refractivity contribution is 0.560. The summed E-state index contributed by atoms with van der Waals surface area (Å²) in [6, 6.07) is 9.77. The Morgan fingerprint density at radius 3 is 2.29 bits per heavy atom. The predicted molar refractivity (Wildman–Crippen MR) is 50.2 cm³/mol. The zero-order valence-corrected chi connectivity index (χ0v) is 7.42. The third-order valence-electron chi connectivity index (χ3n) is 2.25. The highest BCUT2D eigenvalue weighted by Gasteiger charge is 2.12. The monoisotopic (exact) mass is 184 g/mol. The predicted octanol–water partition coefficient (Wildman–Crippen LogP) is 1.23. The van der Waals surface area contributed by atoms with E-state index in [0.29, 0.717) is 0 Å². The summed E-state index contributed by atoms with van der Waals surface area (Å²) in [5.74, 6) is 0. The van der Waals surface area contributed by atoms with Gasteiger partial charge in [0, 0.05) is 5.56 Å². The fraction of sp³-hybridized carbons (Fsp3) is 0.0909. The minimum Gasteiger partial charge on any atom is -0.472 e. The Labute approximate surface area is 80.4 Å². The van der Waals surface area contributed by atoms with E-state index in [4.69, 9.17) is 4.42 Å². The second-order valence-electron chi connectivity index (χ2n) is 3.18. The summed E-state index contributed by atoms with van der Waals surface area (Å²) in [5.41, 5.74) is 1.00. The van der Waals surface area contributed by atoms with Gasteiger partial charge in [-0.3, -0.25) is 9.98 Å². The van der Waals surface area contributed by atoms with Crippen LogP contribution in [0.1, 0.15) is 11.7 Å². The molecule has 0 radical (unpaired) electrons. The van der Waals surface area contributed by atoms with E-state index >= 15 is 0 Å². The number of nitrogens with zero attached hydrogens (tertiary/aromatic N) is 2. The molecule has 2 heterocycles. The topological polar surface area (TPSA) is 37.9 Å². The van der Waals surface area contributed by atoms with Crippen LogP contribution in [0.3, 0.4) is 0 Å². The van der Waals surface area contributed by atoms with E-state index in [1.165, 1.54) is 0 Å². The first-order chi connectivity index (χ1) is 6.93. The average molecular weight is 184 g/mol. The van der Waals surface area contributed by atoms with Crippen molar-refractivity contribution in [2.24, 2.45) is 9.98 Å².